The van der Waals surface area contributed by atoms with Crippen molar-refractivity contribution in [2.45, 2.75) is 25.7 Å². The Morgan fingerprint density at radius 3 is 2.67 bits per heavy atom. The Bertz CT molecular complexity index is 1090. The molecule has 1 aromatic heterocycles. The number of furan rings is 1. The second-order valence-electron chi connectivity index (χ2n) is 7.37. The van der Waals surface area contributed by atoms with Crippen LogP contribution in [0.1, 0.15) is 35.2 Å². The second-order valence-corrected chi connectivity index (χ2v) is 7.37. The molecule has 0 amide bonds. The number of carbonyl (C=O) groups excluding carboxylic acids is 1. The fourth-order valence-electron chi connectivity index (χ4n) is 4.21. The molecule has 0 radical (unpaired) electrons. The molecular formula is C24H23NO2. The summed E-state index contributed by atoms with van der Waals surface area (Å²) in [5.41, 5.74) is 3.03. The molecule has 1 atom stereocenters. The predicted molar refractivity (Wildman–Crippen MR) is 110 cm³/mol. The van der Waals surface area contributed by atoms with Gasteiger partial charge in [0.25, 0.3) is 0 Å². The summed E-state index contributed by atoms with van der Waals surface area (Å²) in [6.07, 6.45) is 4.39. The fourth-order valence-corrected chi connectivity index (χ4v) is 4.21. The molecule has 3 aromatic rings. The third-order valence-corrected chi connectivity index (χ3v) is 5.56. The van der Waals surface area contributed by atoms with Crippen molar-refractivity contribution in [3.05, 3.63) is 90.0 Å². The van der Waals surface area contributed by atoms with Crippen LogP contribution in [0.2, 0.25) is 0 Å². The first-order chi connectivity index (χ1) is 13.0. The van der Waals surface area contributed by atoms with Gasteiger partial charge in [0, 0.05) is 29.6 Å². The highest BCUT2D eigenvalue weighted by Gasteiger charge is 2.42. The lowest BCUT2D eigenvalue weighted by Gasteiger charge is -2.27. The highest BCUT2D eigenvalue weighted by Crippen LogP contribution is 2.52. The van der Waals surface area contributed by atoms with Crippen LogP contribution in [-0.2, 0) is 5.41 Å². The summed E-state index contributed by atoms with van der Waals surface area (Å²) in [5.74, 6) is 0.993. The zero-order chi connectivity index (χ0) is 19.2. The third-order valence-electron chi connectivity index (χ3n) is 5.56. The molecule has 0 N–H and O–H groups in total. The maximum Gasteiger partial charge on any atom is 0.222 e. The van der Waals surface area contributed by atoms with Gasteiger partial charge in [-0.05, 0) is 43.4 Å². The average Bonchev–Trinajstić information content (AvgIpc) is 3.18. The summed E-state index contributed by atoms with van der Waals surface area (Å²) in [6.45, 7) is 7.98. The summed E-state index contributed by atoms with van der Waals surface area (Å²) in [5, 5.41) is 2.38. The molecule has 0 aliphatic carbocycles. The van der Waals surface area contributed by atoms with Crippen LogP contribution in [0.15, 0.2) is 77.4 Å². The van der Waals surface area contributed by atoms with Crippen LogP contribution in [0, 0.1) is 6.92 Å². The molecule has 27 heavy (non-hydrogen) atoms. The first-order valence-corrected chi connectivity index (χ1v) is 9.15. The van der Waals surface area contributed by atoms with Gasteiger partial charge >= 0.3 is 0 Å². The Labute approximate surface area is 159 Å². The summed E-state index contributed by atoms with van der Waals surface area (Å²) in [6, 6.07) is 16.2. The molecule has 2 heterocycles. The van der Waals surface area contributed by atoms with Crippen LogP contribution in [0.3, 0.4) is 0 Å². The molecule has 1 unspecified atom stereocenters. The standard InChI is InChI=1S/C24H23NO2/c1-5-14-24(3)19-12-11-17-8-6-7-9-18(17)23(19)25(4)22(24)15-20(26)21-13-10-16(2)27-21/h5-13,15H,1,14H2,2-4H3/b22-15-. The number of ketones is 1. The van der Waals surface area contributed by atoms with Gasteiger partial charge < -0.3 is 9.32 Å². The number of rotatable bonds is 4. The number of hydrogen-bond acceptors (Lipinski definition) is 3. The Kier molecular flexibility index (Phi) is 4.03. The first-order valence-electron chi connectivity index (χ1n) is 9.15. The Morgan fingerprint density at radius 1 is 1.19 bits per heavy atom. The van der Waals surface area contributed by atoms with Crippen molar-refractivity contribution >= 4 is 22.2 Å². The van der Waals surface area contributed by atoms with E-state index in [1.54, 1.807) is 12.1 Å². The molecule has 136 valence electrons. The van der Waals surface area contributed by atoms with E-state index < -0.39 is 0 Å². The molecule has 0 spiro atoms. The van der Waals surface area contributed by atoms with E-state index in [-0.39, 0.29) is 11.2 Å². The highest BCUT2D eigenvalue weighted by molar-refractivity contribution is 6.05. The number of likely N-dealkylation sites (N-methyl/N-ethyl adjacent to an activating group) is 1. The van der Waals surface area contributed by atoms with Crippen molar-refractivity contribution in [1.29, 1.82) is 0 Å². The zero-order valence-corrected chi connectivity index (χ0v) is 16.0. The number of hydrogen-bond donors (Lipinski definition) is 0. The monoisotopic (exact) mass is 357 g/mol. The fraction of sp³-hybridized carbons (Fsp3) is 0.208. The van der Waals surface area contributed by atoms with Gasteiger partial charge in [-0.15, -0.1) is 6.58 Å². The Morgan fingerprint density at radius 2 is 1.96 bits per heavy atom. The van der Waals surface area contributed by atoms with Crippen molar-refractivity contribution in [3.8, 4) is 0 Å². The molecule has 0 saturated carbocycles. The topological polar surface area (TPSA) is 33.5 Å². The van der Waals surface area contributed by atoms with Crippen LogP contribution < -0.4 is 4.90 Å². The lowest BCUT2D eigenvalue weighted by atomic mass is 9.78. The average molecular weight is 357 g/mol. The summed E-state index contributed by atoms with van der Waals surface area (Å²) < 4.78 is 5.53. The van der Waals surface area contributed by atoms with Crippen molar-refractivity contribution in [2.24, 2.45) is 0 Å². The van der Waals surface area contributed by atoms with Crippen LogP contribution in [-0.4, -0.2) is 12.8 Å². The van der Waals surface area contributed by atoms with E-state index >= 15 is 0 Å². The van der Waals surface area contributed by atoms with Gasteiger partial charge in [0.15, 0.2) is 5.76 Å². The van der Waals surface area contributed by atoms with E-state index in [0.717, 1.165) is 23.6 Å². The van der Waals surface area contributed by atoms with E-state index in [2.05, 4.69) is 48.7 Å². The van der Waals surface area contributed by atoms with E-state index in [1.165, 1.54) is 16.3 Å². The molecule has 0 bridgehead atoms. The zero-order valence-electron chi connectivity index (χ0n) is 16.0. The van der Waals surface area contributed by atoms with Gasteiger partial charge in [-0.3, -0.25) is 4.79 Å². The van der Waals surface area contributed by atoms with Crippen molar-refractivity contribution < 1.29 is 9.21 Å². The van der Waals surface area contributed by atoms with Crippen molar-refractivity contribution in [1.82, 2.24) is 0 Å². The second kappa shape index (κ2) is 6.27. The predicted octanol–water partition coefficient (Wildman–Crippen LogP) is 5.79. The number of fused-ring (bicyclic) bond motifs is 3. The first kappa shape index (κ1) is 17.3. The minimum atomic E-state index is -0.312. The molecule has 0 saturated heterocycles. The Hall–Kier alpha value is -3.07. The summed E-state index contributed by atoms with van der Waals surface area (Å²) in [7, 11) is 2.03. The van der Waals surface area contributed by atoms with Crippen molar-refractivity contribution in [2.75, 3.05) is 11.9 Å². The Balaban J connectivity index is 1.91. The van der Waals surface area contributed by atoms with Crippen molar-refractivity contribution in [3.63, 3.8) is 0 Å². The number of allylic oxidation sites excluding steroid dienone is 3. The van der Waals surface area contributed by atoms with E-state index in [0.29, 0.717) is 5.76 Å². The SMILES string of the molecule is C=CCC1(C)/C(=C/C(=O)c2ccc(C)o2)N(C)c2c1ccc1ccccc21. The number of aryl methyl sites for hydroxylation is 1. The smallest absolute Gasteiger partial charge is 0.222 e. The maximum atomic E-state index is 12.8. The number of nitrogens with zero attached hydrogens (tertiary/aromatic N) is 1. The molecule has 1 aliphatic heterocycles. The van der Waals surface area contributed by atoms with Crippen LogP contribution in [0.4, 0.5) is 5.69 Å². The van der Waals surface area contributed by atoms with Crippen LogP contribution >= 0.6 is 0 Å². The molecule has 2 aromatic carbocycles. The van der Waals surface area contributed by atoms with Crippen LogP contribution in [0.5, 0.6) is 0 Å². The van der Waals surface area contributed by atoms with Gasteiger partial charge in [-0.2, -0.15) is 0 Å². The van der Waals surface area contributed by atoms with E-state index in [1.807, 2.05) is 32.2 Å². The minimum Gasteiger partial charge on any atom is -0.458 e. The number of carbonyl (C=O) groups is 1. The molecular weight excluding hydrogens is 334 g/mol. The van der Waals surface area contributed by atoms with E-state index in [4.69, 9.17) is 4.42 Å². The molecule has 0 fully saturated rings. The third kappa shape index (κ3) is 2.62. The molecule has 3 heteroatoms. The summed E-state index contributed by atoms with van der Waals surface area (Å²) in [4.78, 5) is 15.0. The van der Waals surface area contributed by atoms with Crippen LogP contribution in [0.25, 0.3) is 10.8 Å². The minimum absolute atomic E-state index is 0.114. The quantitative estimate of drug-likeness (QED) is 0.336. The van der Waals surface area contributed by atoms with Gasteiger partial charge in [0.2, 0.25) is 5.78 Å². The van der Waals surface area contributed by atoms with E-state index in [9.17, 15) is 4.79 Å². The number of benzene rings is 2. The summed E-state index contributed by atoms with van der Waals surface area (Å²) >= 11 is 0. The molecule has 1 aliphatic rings. The molecule has 3 nitrogen and oxygen atoms in total. The van der Waals surface area contributed by atoms with Gasteiger partial charge in [-0.1, -0.05) is 42.5 Å². The lowest BCUT2D eigenvalue weighted by Crippen LogP contribution is -2.26. The normalized spacial score (nSPS) is 20.3. The van der Waals surface area contributed by atoms with Gasteiger partial charge in [-0.25, -0.2) is 0 Å². The highest BCUT2D eigenvalue weighted by atomic mass is 16.3. The molecule has 4 rings (SSSR count). The number of anilines is 1. The largest absolute Gasteiger partial charge is 0.458 e. The maximum absolute atomic E-state index is 12.8. The lowest BCUT2D eigenvalue weighted by molar-refractivity contribution is 0.101. The van der Waals surface area contributed by atoms with Gasteiger partial charge in [0.1, 0.15) is 5.76 Å². The van der Waals surface area contributed by atoms with Gasteiger partial charge in [0.05, 0.1) is 5.69 Å².